The van der Waals surface area contributed by atoms with Crippen molar-refractivity contribution in [3.8, 4) is 0 Å². The second-order valence-corrected chi connectivity index (χ2v) is 7.49. The fourth-order valence-corrected chi connectivity index (χ4v) is 4.38. The zero-order valence-corrected chi connectivity index (χ0v) is 13.4. The number of aromatic nitrogens is 3. The lowest BCUT2D eigenvalue weighted by Crippen LogP contribution is -2.42. The smallest absolute Gasteiger partial charge is 0.137 e. The molecule has 3 rings (SSSR count). The molecule has 112 valence electrons. The predicted octanol–water partition coefficient (Wildman–Crippen LogP) is 3.17. The summed E-state index contributed by atoms with van der Waals surface area (Å²) in [6, 6.07) is 7.48. The van der Waals surface area contributed by atoms with Gasteiger partial charge >= 0.3 is 0 Å². The largest absolute Gasteiger partial charge is 0.383 e. The number of rotatable bonds is 6. The molecule has 1 heterocycles. The van der Waals surface area contributed by atoms with Gasteiger partial charge in [0.1, 0.15) is 17.8 Å². The van der Waals surface area contributed by atoms with Gasteiger partial charge in [0.2, 0.25) is 0 Å². The molecule has 0 bridgehead atoms. The van der Waals surface area contributed by atoms with Gasteiger partial charge in [-0.1, -0.05) is 30.7 Å². The molecule has 6 heteroatoms. The van der Waals surface area contributed by atoms with Crippen LogP contribution in [-0.4, -0.2) is 30.8 Å². The molecule has 0 amide bonds. The summed E-state index contributed by atoms with van der Waals surface area (Å²) in [5.74, 6) is 1.68. The Morgan fingerprint density at radius 1 is 1.38 bits per heavy atom. The Morgan fingerprint density at radius 2 is 2.10 bits per heavy atom. The zero-order chi connectivity index (χ0) is 14.9. The maximum Gasteiger partial charge on any atom is 0.137 e. The second-order valence-electron chi connectivity index (χ2n) is 5.40. The third-order valence-electron chi connectivity index (χ3n) is 4.09. The van der Waals surface area contributed by atoms with Crippen LogP contribution in [0.25, 0.3) is 0 Å². The molecule has 1 aromatic heterocycles. The van der Waals surface area contributed by atoms with E-state index in [0.717, 1.165) is 24.2 Å². The first-order chi connectivity index (χ1) is 10.1. The summed E-state index contributed by atoms with van der Waals surface area (Å²) in [5, 5.41) is 18.9. The lowest BCUT2D eigenvalue weighted by Gasteiger charge is -2.36. The van der Waals surface area contributed by atoms with Crippen molar-refractivity contribution in [3.05, 3.63) is 47.0 Å². The summed E-state index contributed by atoms with van der Waals surface area (Å²) in [5.41, 5.74) is -0.0700. The number of thioether (sulfide) groups is 1. The van der Waals surface area contributed by atoms with Crippen LogP contribution < -0.4 is 0 Å². The third-order valence-corrected chi connectivity index (χ3v) is 5.93. The molecule has 2 aromatic rings. The minimum absolute atomic E-state index is 0.137. The van der Waals surface area contributed by atoms with Crippen LogP contribution in [0.3, 0.4) is 0 Å². The van der Waals surface area contributed by atoms with Gasteiger partial charge in [0.25, 0.3) is 0 Å². The zero-order valence-electron chi connectivity index (χ0n) is 11.8. The highest BCUT2D eigenvalue weighted by molar-refractivity contribution is 8.01. The maximum atomic E-state index is 11.5. The molecule has 2 N–H and O–H groups in total. The fourth-order valence-electron chi connectivity index (χ4n) is 2.88. The van der Waals surface area contributed by atoms with E-state index in [9.17, 15) is 5.11 Å². The number of hydrogen-bond donors (Lipinski definition) is 2. The summed E-state index contributed by atoms with van der Waals surface area (Å²) >= 11 is 7.81. The van der Waals surface area contributed by atoms with E-state index >= 15 is 0 Å². The summed E-state index contributed by atoms with van der Waals surface area (Å²) in [7, 11) is 0. The van der Waals surface area contributed by atoms with Gasteiger partial charge in [0.05, 0.1) is 0 Å². The topological polar surface area (TPSA) is 61.8 Å². The van der Waals surface area contributed by atoms with E-state index in [0.29, 0.717) is 17.3 Å². The number of nitrogens with zero attached hydrogens (tertiary/aromatic N) is 2. The standard InChI is InChI=1S/C15H18ClN3OS/c1-2-21-14(7-8-14)15(20,9-13-17-10-18-19-13)11-3-5-12(16)6-4-11/h3-6,10,20H,2,7-9H2,1H3,(H,17,18,19). The molecule has 0 spiro atoms. The first-order valence-corrected chi connectivity index (χ1v) is 8.43. The van der Waals surface area contributed by atoms with Crippen LogP contribution in [0.4, 0.5) is 0 Å². The van der Waals surface area contributed by atoms with Crippen molar-refractivity contribution < 1.29 is 5.11 Å². The van der Waals surface area contributed by atoms with Gasteiger partial charge in [-0.15, -0.1) is 0 Å². The average molecular weight is 324 g/mol. The van der Waals surface area contributed by atoms with Crippen molar-refractivity contribution in [2.45, 2.75) is 36.5 Å². The highest BCUT2D eigenvalue weighted by Crippen LogP contribution is 2.60. The molecule has 1 unspecified atom stereocenters. The monoisotopic (exact) mass is 323 g/mol. The van der Waals surface area contributed by atoms with E-state index in [2.05, 4.69) is 22.1 Å². The van der Waals surface area contributed by atoms with Crippen LogP contribution in [0, 0.1) is 0 Å². The molecular formula is C15H18ClN3OS. The predicted molar refractivity (Wildman–Crippen MR) is 85.5 cm³/mol. The molecule has 0 aliphatic heterocycles. The van der Waals surface area contributed by atoms with Gasteiger partial charge in [-0.25, -0.2) is 4.98 Å². The minimum atomic E-state index is -0.961. The van der Waals surface area contributed by atoms with Crippen LogP contribution >= 0.6 is 23.4 Å². The number of halogens is 1. The Labute approximate surface area is 133 Å². The molecule has 1 aliphatic rings. The Balaban J connectivity index is 2.00. The van der Waals surface area contributed by atoms with Crippen molar-refractivity contribution in [2.24, 2.45) is 0 Å². The van der Waals surface area contributed by atoms with Crippen LogP contribution in [0.2, 0.25) is 5.02 Å². The number of benzene rings is 1. The van der Waals surface area contributed by atoms with Crippen LogP contribution in [-0.2, 0) is 12.0 Å². The lowest BCUT2D eigenvalue weighted by molar-refractivity contribution is 0.0245. The average Bonchev–Trinajstić information content (AvgIpc) is 3.09. The molecule has 0 radical (unpaired) electrons. The van der Waals surface area contributed by atoms with Crippen molar-refractivity contribution in [1.82, 2.24) is 15.2 Å². The van der Waals surface area contributed by atoms with Gasteiger partial charge in [-0.05, 0) is 36.3 Å². The number of aliphatic hydroxyl groups is 1. The Morgan fingerprint density at radius 3 is 2.62 bits per heavy atom. The quantitative estimate of drug-likeness (QED) is 0.857. The molecule has 1 fully saturated rings. The second kappa shape index (κ2) is 5.63. The van der Waals surface area contributed by atoms with Gasteiger partial charge in [0, 0.05) is 16.2 Å². The van der Waals surface area contributed by atoms with E-state index in [1.807, 2.05) is 36.0 Å². The van der Waals surface area contributed by atoms with E-state index < -0.39 is 5.60 Å². The fraction of sp³-hybridized carbons (Fsp3) is 0.467. The molecule has 1 aliphatic carbocycles. The summed E-state index contributed by atoms with van der Waals surface area (Å²) < 4.78 is -0.137. The van der Waals surface area contributed by atoms with Crippen LogP contribution in [0.15, 0.2) is 30.6 Å². The van der Waals surface area contributed by atoms with Gasteiger partial charge in [-0.3, -0.25) is 5.10 Å². The summed E-state index contributed by atoms with van der Waals surface area (Å²) in [4.78, 5) is 4.18. The molecule has 1 atom stereocenters. The van der Waals surface area contributed by atoms with E-state index in [1.165, 1.54) is 6.33 Å². The third kappa shape index (κ3) is 2.70. The number of aromatic amines is 1. The molecule has 21 heavy (non-hydrogen) atoms. The number of hydrogen-bond acceptors (Lipinski definition) is 4. The highest BCUT2D eigenvalue weighted by Gasteiger charge is 2.59. The van der Waals surface area contributed by atoms with Crippen molar-refractivity contribution in [2.75, 3.05) is 5.75 Å². The highest BCUT2D eigenvalue weighted by atomic mass is 35.5. The van der Waals surface area contributed by atoms with Crippen molar-refractivity contribution in [1.29, 1.82) is 0 Å². The van der Waals surface area contributed by atoms with E-state index in [4.69, 9.17) is 11.6 Å². The SMILES string of the molecule is CCSC1(C(O)(Cc2ncn[nH]2)c2ccc(Cl)cc2)CC1. The van der Waals surface area contributed by atoms with E-state index in [-0.39, 0.29) is 4.75 Å². The Kier molecular flexibility index (Phi) is 3.99. The molecule has 4 nitrogen and oxygen atoms in total. The van der Waals surface area contributed by atoms with Gasteiger partial charge in [0.15, 0.2) is 0 Å². The first-order valence-electron chi connectivity index (χ1n) is 7.06. The maximum absolute atomic E-state index is 11.5. The number of H-pyrrole nitrogens is 1. The molecular weight excluding hydrogens is 306 g/mol. The molecule has 1 saturated carbocycles. The Hall–Kier alpha value is -1.04. The summed E-state index contributed by atoms with van der Waals surface area (Å²) in [6.07, 6.45) is 3.93. The Bertz CT molecular complexity index is 598. The van der Waals surface area contributed by atoms with Gasteiger partial charge < -0.3 is 5.11 Å². The molecule has 1 aromatic carbocycles. The van der Waals surface area contributed by atoms with E-state index in [1.54, 1.807) is 0 Å². The first kappa shape index (κ1) is 14.9. The lowest BCUT2D eigenvalue weighted by atomic mass is 9.85. The van der Waals surface area contributed by atoms with Gasteiger partial charge in [-0.2, -0.15) is 16.9 Å². The normalized spacial score (nSPS) is 19.2. The van der Waals surface area contributed by atoms with Crippen molar-refractivity contribution in [3.63, 3.8) is 0 Å². The summed E-state index contributed by atoms with van der Waals surface area (Å²) in [6.45, 7) is 2.13. The minimum Gasteiger partial charge on any atom is -0.383 e. The van der Waals surface area contributed by atoms with Crippen molar-refractivity contribution >= 4 is 23.4 Å². The van der Waals surface area contributed by atoms with Crippen LogP contribution in [0.1, 0.15) is 31.2 Å². The molecule has 0 saturated heterocycles. The number of nitrogens with one attached hydrogen (secondary N) is 1. The van der Waals surface area contributed by atoms with Crippen LogP contribution in [0.5, 0.6) is 0 Å².